The van der Waals surface area contributed by atoms with E-state index in [4.69, 9.17) is 20.9 Å². The van der Waals surface area contributed by atoms with Crippen LogP contribution in [-0.4, -0.2) is 66.8 Å². The van der Waals surface area contributed by atoms with Crippen LogP contribution < -0.4 is 0 Å². The lowest BCUT2D eigenvalue weighted by molar-refractivity contribution is 0.0242. The smallest absolute Gasteiger partial charge is 0.276 e. The van der Waals surface area contributed by atoms with Crippen LogP contribution in [0.1, 0.15) is 23.3 Å². The van der Waals surface area contributed by atoms with Gasteiger partial charge in [-0.25, -0.2) is 0 Å². The molecule has 27 heavy (non-hydrogen) atoms. The van der Waals surface area contributed by atoms with Gasteiger partial charge in [-0.05, 0) is 43.0 Å². The van der Waals surface area contributed by atoms with E-state index in [1.165, 1.54) is 0 Å². The monoisotopic (exact) mass is 389 g/mol. The van der Waals surface area contributed by atoms with Gasteiger partial charge in [-0.3, -0.25) is 9.69 Å². The normalized spacial score (nSPS) is 19.4. The number of rotatable bonds is 4. The SMILES string of the molecule is O=C(c1cc(-c2ccc(Cl)cc2)on1)N1CCC(CN2CCOCC2)CC1. The third kappa shape index (κ3) is 4.51. The first-order chi connectivity index (χ1) is 13.2. The fraction of sp³-hybridized carbons (Fsp3) is 0.500. The molecule has 0 radical (unpaired) electrons. The fourth-order valence-electron chi connectivity index (χ4n) is 3.76. The second-order valence-corrected chi connectivity index (χ2v) is 7.67. The first-order valence-electron chi connectivity index (χ1n) is 9.51. The van der Waals surface area contributed by atoms with Crippen molar-refractivity contribution < 1.29 is 14.1 Å². The average molecular weight is 390 g/mol. The summed E-state index contributed by atoms with van der Waals surface area (Å²) in [4.78, 5) is 17.1. The highest BCUT2D eigenvalue weighted by Gasteiger charge is 2.27. The van der Waals surface area contributed by atoms with Crippen molar-refractivity contribution in [2.24, 2.45) is 5.92 Å². The Labute approximate surface area is 164 Å². The van der Waals surface area contributed by atoms with Gasteiger partial charge in [-0.15, -0.1) is 0 Å². The molecule has 0 aliphatic carbocycles. The van der Waals surface area contributed by atoms with E-state index < -0.39 is 0 Å². The molecule has 2 aromatic rings. The lowest BCUT2D eigenvalue weighted by atomic mass is 9.95. The average Bonchev–Trinajstić information content (AvgIpc) is 3.20. The Morgan fingerprint density at radius 1 is 1.11 bits per heavy atom. The minimum Gasteiger partial charge on any atom is -0.379 e. The Bertz CT molecular complexity index is 763. The number of hydrogen-bond acceptors (Lipinski definition) is 5. The number of nitrogens with zero attached hydrogens (tertiary/aromatic N) is 3. The zero-order valence-electron chi connectivity index (χ0n) is 15.3. The number of carbonyl (C=O) groups is 1. The molecule has 2 saturated heterocycles. The van der Waals surface area contributed by atoms with E-state index in [1.54, 1.807) is 18.2 Å². The number of aromatic nitrogens is 1. The fourth-order valence-corrected chi connectivity index (χ4v) is 3.88. The molecule has 3 heterocycles. The van der Waals surface area contributed by atoms with Gasteiger partial charge in [0.15, 0.2) is 11.5 Å². The van der Waals surface area contributed by atoms with E-state index in [0.717, 1.165) is 64.3 Å². The van der Waals surface area contributed by atoms with Crippen LogP contribution in [0.25, 0.3) is 11.3 Å². The van der Waals surface area contributed by atoms with Gasteiger partial charge >= 0.3 is 0 Å². The number of amides is 1. The topological polar surface area (TPSA) is 58.8 Å². The summed E-state index contributed by atoms with van der Waals surface area (Å²) in [7, 11) is 0. The summed E-state index contributed by atoms with van der Waals surface area (Å²) < 4.78 is 10.8. The minimum atomic E-state index is -0.0520. The highest BCUT2D eigenvalue weighted by Crippen LogP contribution is 2.24. The molecular weight excluding hydrogens is 366 g/mol. The van der Waals surface area contributed by atoms with E-state index in [2.05, 4.69) is 10.1 Å². The summed E-state index contributed by atoms with van der Waals surface area (Å²) in [5, 5.41) is 4.64. The number of piperidine rings is 1. The van der Waals surface area contributed by atoms with E-state index in [-0.39, 0.29) is 5.91 Å². The Hall–Kier alpha value is -1.89. The molecule has 6 nitrogen and oxygen atoms in total. The molecule has 2 aliphatic heterocycles. The number of morpholine rings is 1. The van der Waals surface area contributed by atoms with E-state index in [0.29, 0.717) is 22.4 Å². The van der Waals surface area contributed by atoms with E-state index in [1.807, 2.05) is 17.0 Å². The van der Waals surface area contributed by atoms with Gasteiger partial charge in [0.25, 0.3) is 5.91 Å². The number of ether oxygens (including phenoxy) is 1. The molecule has 7 heteroatoms. The number of halogens is 1. The molecule has 4 rings (SSSR count). The summed E-state index contributed by atoms with van der Waals surface area (Å²) in [6, 6.07) is 9.01. The van der Waals surface area contributed by atoms with Crippen molar-refractivity contribution >= 4 is 17.5 Å². The lowest BCUT2D eigenvalue weighted by Crippen LogP contribution is -2.44. The highest BCUT2D eigenvalue weighted by molar-refractivity contribution is 6.30. The zero-order valence-corrected chi connectivity index (χ0v) is 16.0. The lowest BCUT2D eigenvalue weighted by Gasteiger charge is -2.35. The Balaban J connectivity index is 1.32. The third-order valence-corrected chi connectivity index (χ3v) is 5.63. The van der Waals surface area contributed by atoms with Crippen molar-refractivity contribution in [1.29, 1.82) is 0 Å². The summed E-state index contributed by atoms with van der Waals surface area (Å²) >= 11 is 5.91. The molecule has 2 fully saturated rings. The van der Waals surface area contributed by atoms with E-state index in [9.17, 15) is 4.79 Å². The van der Waals surface area contributed by atoms with Crippen molar-refractivity contribution in [3.8, 4) is 11.3 Å². The molecule has 1 aromatic carbocycles. The molecule has 0 spiro atoms. The maximum Gasteiger partial charge on any atom is 0.276 e. The second kappa shape index (κ2) is 8.42. The van der Waals surface area contributed by atoms with Crippen LogP contribution in [0.2, 0.25) is 5.02 Å². The molecule has 144 valence electrons. The van der Waals surface area contributed by atoms with Gasteiger partial charge in [-0.1, -0.05) is 16.8 Å². The van der Waals surface area contributed by atoms with Gasteiger partial charge < -0.3 is 14.2 Å². The van der Waals surface area contributed by atoms with Crippen molar-refractivity contribution in [1.82, 2.24) is 15.0 Å². The molecule has 1 aromatic heterocycles. The van der Waals surface area contributed by atoms with Crippen molar-refractivity contribution in [3.05, 3.63) is 41.0 Å². The molecule has 2 aliphatic rings. The van der Waals surface area contributed by atoms with Crippen LogP contribution in [0.15, 0.2) is 34.9 Å². The summed E-state index contributed by atoms with van der Waals surface area (Å²) in [5.41, 5.74) is 1.22. The largest absolute Gasteiger partial charge is 0.379 e. The van der Waals surface area contributed by atoms with Gasteiger partial charge in [0, 0.05) is 49.4 Å². The number of likely N-dealkylation sites (tertiary alicyclic amines) is 1. The summed E-state index contributed by atoms with van der Waals surface area (Å²) in [5.74, 6) is 1.18. The Morgan fingerprint density at radius 2 is 1.81 bits per heavy atom. The maximum absolute atomic E-state index is 12.8. The first kappa shape index (κ1) is 18.5. The summed E-state index contributed by atoms with van der Waals surface area (Å²) in [6.07, 6.45) is 2.07. The van der Waals surface area contributed by atoms with Gasteiger partial charge in [-0.2, -0.15) is 0 Å². The second-order valence-electron chi connectivity index (χ2n) is 7.23. The number of hydrogen-bond donors (Lipinski definition) is 0. The van der Waals surface area contributed by atoms with Crippen LogP contribution in [0, 0.1) is 5.92 Å². The standard InChI is InChI=1S/C20H24ClN3O3/c21-17-3-1-16(2-4-17)19-13-18(22-27-19)20(25)24-7-5-15(6-8-24)14-23-9-11-26-12-10-23/h1-4,13,15H,5-12,14H2. The predicted molar refractivity (Wildman–Crippen MR) is 103 cm³/mol. The molecule has 0 N–H and O–H groups in total. The van der Waals surface area contributed by atoms with Gasteiger partial charge in [0.2, 0.25) is 0 Å². The number of carbonyl (C=O) groups excluding carboxylic acids is 1. The molecule has 1 amide bonds. The molecular formula is C20H24ClN3O3. The minimum absolute atomic E-state index is 0.0520. The van der Waals surface area contributed by atoms with Gasteiger partial charge in [0.05, 0.1) is 13.2 Å². The zero-order chi connectivity index (χ0) is 18.6. The van der Waals surface area contributed by atoms with Crippen LogP contribution in [0.4, 0.5) is 0 Å². The maximum atomic E-state index is 12.8. The first-order valence-corrected chi connectivity index (χ1v) is 9.89. The van der Waals surface area contributed by atoms with Crippen LogP contribution >= 0.6 is 11.6 Å². The van der Waals surface area contributed by atoms with Gasteiger partial charge in [0.1, 0.15) is 0 Å². The van der Waals surface area contributed by atoms with E-state index >= 15 is 0 Å². The van der Waals surface area contributed by atoms with Crippen LogP contribution in [0.5, 0.6) is 0 Å². The number of benzene rings is 1. The summed E-state index contributed by atoms with van der Waals surface area (Å²) in [6.45, 7) is 6.36. The van der Waals surface area contributed by atoms with Crippen molar-refractivity contribution in [3.63, 3.8) is 0 Å². The molecule has 0 atom stereocenters. The molecule has 0 saturated carbocycles. The predicted octanol–water partition coefficient (Wildman–Crippen LogP) is 3.18. The van der Waals surface area contributed by atoms with Crippen LogP contribution in [-0.2, 0) is 4.74 Å². The Morgan fingerprint density at radius 3 is 2.52 bits per heavy atom. The molecule has 0 bridgehead atoms. The van der Waals surface area contributed by atoms with Crippen LogP contribution in [0.3, 0.4) is 0 Å². The van der Waals surface area contributed by atoms with Crippen molar-refractivity contribution in [2.45, 2.75) is 12.8 Å². The quantitative estimate of drug-likeness (QED) is 0.803. The third-order valence-electron chi connectivity index (χ3n) is 5.38. The Kier molecular flexibility index (Phi) is 5.76. The molecule has 0 unspecified atom stereocenters. The highest BCUT2D eigenvalue weighted by atomic mass is 35.5. The van der Waals surface area contributed by atoms with Crippen molar-refractivity contribution in [2.75, 3.05) is 45.9 Å².